The number of amides is 1. The molecule has 182 valence electrons. The van der Waals surface area contributed by atoms with Crippen LogP contribution in [0.5, 0.6) is 5.75 Å². The van der Waals surface area contributed by atoms with E-state index in [4.69, 9.17) is 20.0 Å². The van der Waals surface area contributed by atoms with E-state index in [1.54, 1.807) is 76.2 Å². The van der Waals surface area contributed by atoms with Crippen LogP contribution in [0.4, 0.5) is 10.5 Å². The molecule has 0 aliphatic rings. The molecule has 0 bridgehead atoms. The number of carbonyl (C=O) groups excluding carboxylic acids is 2. The van der Waals surface area contributed by atoms with Crippen LogP contribution in [0.2, 0.25) is 0 Å². The summed E-state index contributed by atoms with van der Waals surface area (Å²) in [5.74, 6) is 0.316. The number of nitriles is 2. The molecule has 2 aromatic carbocycles. The highest BCUT2D eigenvalue weighted by atomic mass is 16.6. The van der Waals surface area contributed by atoms with Crippen LogP contribution in [-0.2, 0) is 17.9 Å². The molecule has 0 aliphatic heterocycles. The standard InChI is InChI=1S/C28H26N4O4/c1-19-26(35-18-22-7-5-20(13-29)6-8-22)25(17-33)23(15-31-19)16-32(27(34)36-28(2,3)4)24-11-9-21(14-30)10-12-24/h5-12,15,17H,16,18H2,1-4H3. The van der Waals surface area contributed by atoms with Gasteiger partial charge in [-0.05, 0) is 69.7 Å². The van der Waals surface area contributed by atoms with Gasteiger partial charge in [0.2, 0.25) is 0 Å². The zero-order valence-corrected chi connectivity index (χ0v) is 20.6. The Hall–Kier alpha value is -4.69. The Labute approximate surface area is 210 Å². The number of benzene rings is 2. The van der Waals surface area contributed by atoms with Crippen molar-refractivity contribution in [2.75, 3.05) is 4.90 Å². The summed E-state index contributed by atoms with van der Waals surface area (Å²) in [5.41, 5.74) is 2.85. The van der Waals surface area contributed by atoms with Gasteiger partial charge >= 0.3 is 6.09 Å². The van der Waals surface area contributed by atoms with Crippen molar-refractivity contribution in [1.82, 2.24) is 4.98 Å². The Balaban J connectivity index is 1.94. The highest BCUT2D eigenvalue weighted by Gasteiger charge is 2.26. The second-order valence-electron chi connectivity index (χ2n) is 9.05. The maximum atomic E-state index is 13.1. The van der Waals surface area contributed by atoms with Crippen molar-refractivity contribution in [3.05, 3.63) is 88.2 Å². The quantitative estimate of drug-likeness (QED) is 0.410. The van der Waals surface area contributed by atoms with Gasteiger partial charge in [0.1, 0.15) is 12.2 Å². The van der Waals surface area contributed by atoms with Gasteiger partial charge in [-0.3, -0.25) is 14.7 Å². The Kier molecular flexibility index (Phi) is 8.03. The lowest BCUT2D eigenvalue weighted by Crippen LogP contribution is -2.36. The van der Waals surface area contributed by atoms with Gasteiger partial charge in [-0.1, -0.05) is 12.1 Å². The van der Waals surface area contributed by atoms with E-state index < -0.39 is 11.7 Å². The number of hydrogen-bond donors (Lipinski definition) is 0. The molecule has 1 amide bonds. The van der Waals surface area contributed by atoms with Crippen LogP contribution in [0.1, 0.15) is 59.1 Å². The van der Waals surface area contributed by atoms with E-state index in [0.717, 1.165) is 5.56 Å². The van der Waals surface area contributed by atoms with Crippen LogP contribution in [0.25, 0.3) is 0 Å². The molecule has 0 unspecified atom stereocenters. The first-order valence-corrected chi connectivity index (χ1v) is 11.2. The lowest BCUT2D eigenvalue weighted by atomic mass is 10.1. The van der Waals surface area contributed by atoms with Gasteiger partial charge in [0.05, 0.1) is 41.1 Å². The minimum atomic E-state index is -0.740. The lowest BCUT2D eigenvalue weighted by molar-refractivity contribution is 0.0577. The number of aryl methyl sites for hydroxylation is 1. The van der Waals surface area contributed by atoms with E-state index in [9.17, 15) is 9.59 Å². The van der Waals surface area contributed by atoms with Gasteiger partial charge in [-0.15, -0.1) is 0 Å². The zero-order valence-electron chi connectivity index (χ0n) is 20.6. The van der Waals surface area contributed by atoms with E-state index >= 15 is 0 Å². The maximum Gasteiger partial charge on any atom is 0.415 e. The van der Waals surface area contributed by atoms with E-state index in [2.05, 4.69) is 17.1 Å². The van der Waals surface area contributed by atoms with E-state index in [1.165, 1.54) is 11.1 Å². The largest absolute Gasteiger partial charge is 0.486 e. The number of hydrogen-bond acceptors (Lipinski definition) is 7. The van der Waals surface area contributed by atoms with Crippen LogP contribution < -0.4 is 9.64 Å². The molecule has 3 aromatic rings. The van der Waals surface area contributed by atoms with Gasteiger partial charge in [0, 0.05) is 17.4 Å². The molecule has 1 aromatic heterocycles. The van der Waals surface area contributed by atoms with Crippen molar-refractivity contribution in [3.63, 3.8) is 0 Å². The minimum absolute atomic E-state index is 0.00457. The third kappa shape index (κ3) is 6.46. The van der Waals surface area contributed by atoms with E-state index in [0.29, 0.717) is 40.1 Å². The highest BCUT2D eigenvalue weighted by Crippen LogP contribution is 2.28. The normalized spacial score (nSPS) is 10.6. The van der Waals surface area contributed by atoms with Crippen molar-refractivity contribution in [2.24, 2.45) is 0 Å². The van der Waals surface area contributed by atoms with Gasteiger partial charge in [0.15, 0.2) is 12.0 Å². The first-order valence-electron chi connectivity index (χ1n) is 11.2. The van der Waals surface area contributed by atoms with Crippen molar-refractivity contribution in [2.45, 2.75) is 46.4 Å². The molecule has 0 radical (unpaired) electrons. The Bertz CT molecular complexity index is 1330. The molecule has 0 atom stereocenters. The average Bonchev–Trinajstić information content (AvgIpc) is 2.86. The molecular formula is C28H26N4O4. The van der Waals surface area contributed by atoms with Crippen molar-refractivity contribution >= 4 is 18.1 Å². The summed E-state index contributed by atoms with van der Waals surface area (Å²) in [7, 11) is 0. The summed E-state index contributed by atoms with van der Waals surface area (Å²) in [6.45, 7) is 7.19. The summed E-state index contributed by atoms with van der Waals surface area (Å²) >= 11 is 0. The molecule has 0 N–H and O–H groups in total. The summed E-state index contributed by atoms with van der Waals surface area (Å²) in [6, 6.07) is 17.6. The third-order valence-electron chi connectivity index (χ3n) is 5.17. The Morgan fingerprint density at radius 1 is 1.03 bits per heavy atom. The number of ether oxygens (including phenoxy) is 2. The average molecular weight is 483 g/mol. The Morgan fingerprint density at radius 2 is 1.61 bits per heavy atom. The SMILES string of the molecule is Cc1ncc(CN(C(=O)OC(C)(C)C)c2ccc(C#N)cc2)c(C=O)c1OCc1ccc(C#N)cc1. The molecule has 0 saturated carbocycles. The fraction of sp³-hybridized carbons (Fsp3) is 0.250. The van der Waals surface area contributed by atoms with Gasteiger partial charge in [-0.25, -0.2) is 4.79 Å². The second kappa shape index (κ2) is 11.2. The lowest BCUT2D eigenvalue weighted by Gasteiger charge is -2.28. The molecule has 8 heteroatoms. The van der Waals surface area contributed by atoms with Gasteiger partial charge in [-0.2, -0.15) is 10.5 Å². The topological polar surface area (TPSA) is 116 Å². The van der Waals surface area contributed by atoms with Crippen molar-refractivity contribution in [3.8, 4) is 17.9 Å². The van der Waals surface area contributed by atoms with Crippen LogP contribution in [-0.4, -0.2) is 23.0 Å². The highest BCUT2D eigenvalue weighted by molar-refractivity contribution is 5.89. The number of aldehydes is 1. The molecule has 0 aliphatic carbocycles. The number of rotatable bonds is 7. The smallest absolute Gasteiger partial charge is 0.415 e. The fourth-order valence-corrected chi connectivity index (χ4v) is 3.38. The van der Waals surface area contributed by atoms with Crippen LogP contribution in [0.15, 0.2) is 54.7 Å². The van der Waals surface area contributed by atoms with Crippen LogP contribution >= 0.6 is 0 Å². The maximum absolute atomic E-state index is 13.1. The number of anilines is 1. The number of nitrogens with zero attached hydrogens (tertiary/aromatic N) is 4. The summed E-state index contributed by atoms with van der Waals surface area (Å²) in [6.07, 6.45) is 1.61. The monoisotopic (exact) mass is 482 g/mol. The summed E-state index contributed by atoms with van der Waals surface area (Å²) in [5, 5.41) is 18.1. The van der Waals surface area contributed by atoms with Crippen molar-refractivity contribution in [1.29, 1.82) is 10.5 Å². The van der Waals surface area contributed by atoms with Crippen molar-refractivity contribution < 1.29 is 19.1 Å². The zero-order chi connectivity index (χ0) is 26.3. The molecule has 8 nitrogen and oxygen atoms in total. The predicted molar refractivity (Wildman–Crippen MR) is 133 cm³/mol. The van der Waals surface area contributed by atoms with E-state index in [-0.39, 0.29) is 18.7 Å². The molecule has 36 heavy (non-hydrogen) atoms. The Morgan fingerprint density at radius 3 is 2.14 bits per heavy atom. The number of pyridine rings is 1. The molecule has 3 rings (SSSR count). The molecule has 1 heterocycles. The summed E-state index contributed by atoms with van der Waals surface area (Å²) < 4.78 is 11.6. The fourth-order valence-electron chi connectivity index (χ4n) is 3.38. The molecular weight excluding hydrogens is 456 g/mol. The predicted octanol–water partition coefficient (Wildman–Crippen LogP) is 5.47. The van der Waals surface area contributed by atoms with Gasteiger partial charge in [0.25, 0.3) is 0 Å². The number of carbonyl (C=O) groups is 2. The summed E-state index contributed by atoms with van der Waals surface area (Å²) in [4.78, 5) is 31.1. The van der Waals surface area contributed by atoms with Crippen LogP contribution in [0.3, 0.4) is 0 Å². The van der Waals surface area contributed by atoms with Crippen LogP contribution in [0, 0.1) is 29.6 Å². The minimum Gasteiger partial charge on any atom is -0.486 e. The van der Waals surface area contributed by atoms with Gasteiger partial charge < -0.3 is 9.47 Å². The first-order chi connectivity index (χ1) is 17.1. The third-order valence-corrected chi connectivity index (χ3v) is 5.17. The molecule has 0 fully saturated rings. The van der Waals surface area contributed by atoms with E-state index in [1.807, 2.05) is 0 Å². The number of aromatic nitrogens is 1. The molecule has 0 saturated heterocycles. The molecule has 0 spiro atoms. The second-order valence-corrected chi connectivity index (χ2v) is 9.05. The first kappa shape index (κ1) is 25.9.